The Kier molecular flexibility index (Phi) is 6.26. The van der Waals surface area contributed by atoms with Crippen LogP contribution in [0.4, 0.5) is 11.4 Å². The number of hydrogen-bond donors (Lipinski definition) is 2. The number of carbonyl (C=O) groups excluding carboxylic acids is 1. The lowest BCUT2D eigenvalue weighted by atomic mass is 10.1. The molecule has 1 amide bonds. The molecule has 0 unspecified atom stereocenters. The van der Waals surface area contributed by atoms with Crippen molar-refractivity contribution in [1.29, 1.82) is 0 Å². The molecule has 0 saturated carbocycles. The molecule has 0 fully saturated rings. The van der Waals surface area contributed by atoms with Crippen molar-refractivity contribution in [2.75, 3.05) is 12.4 Å². The Balaban J connectivity index is 1.92. The van der Waals surface area contributed by atoms with Crippen LogP contribution in [0.5, 0.6) is 5.75 Å². The average molecular weight is 380 g/mol. The first-order valence-corrected chi connectivity index (χ1v) is 7.85. The van der Waals surface area contributed by atoms with Gasteiger partial charge in [0.15, 0.2) is 5.11 Å². The third-order valence-electron chi connectivity index (χ3n) is 3.19. The highest BCUT2D eigenvalue weighted by Crippen LogP contribution is 2.26. The number of anilines is 1. The summed E-state index contributed by atoms with van der Waals surface area (Å²) >= 11 is 11.0. The van der Waals surface area contributed by atoms with Gasteiger partial charge >= 0.3 is 0 Å². The number of nitro benzene ring substituents is 1. The Morgan fingerprint density at radius 3 is 2.52 bits per heavy atom. The van der Waals surface area contributed by atoms with E-state index in [0.29, 0.717) is 11.4 Å². The van der Waals surface area contributed by atoms with Crippen LogP contribution in [0.15, 0.2) is 42.5 Å². The lowest BCUT2D eigenvalue weighted by Gasteiger charge is -2.11. The number of hydrogen-bond acceptors (Lipinski definition) is 5. The van der Waals surface area contributed by atoms with Crippen LogP contribution in [0.3, 0.4) is 0 Å². The number of rotatable bonds is 5. The van der Waals surface area contributed by atoms with E-state index in [1.54, 1.807) is 31.4 Å². The van der Waals surface area contributed by atoms with E-state index in [0.717, 1.165) is 5.56 Å². The maximum absolute atomic E-state index is 12.0. The summed E-state index contributed by atoms with van der Waals surface area (Å²) in [6.07, 6.45) is 0.139. The number of nitrogens with zero attached hydrogens (tertiary/aromatic N) is 1. The van der Waals surface area contributed by atoms with Crippen molar-refractivity contribution < 1.29 is 14.5 Å². The van der Waals surface area contributed by atoms with Gasteiger partial charge in [-0.3, -0.25) is 14.9 Å². The van der Waals surface area contributed by atoms with E-state index >= 15 is 0 Å². The van der Waals surface area contributed by atoms with Crippen LogP contribution >= 0.6 is 23.8 Å². The van der Waals surface area contributed by atoms with E-state index < -0.39 is 4.92 Å². The van der Waals surface area contributed by atoms with Gasteiger partial charge in [-0.2, -0.15) is 0 Å². The van der Waals surface area contributed by atoms with Crippen molar-refractivity contribution in [3.8, 4) is 5.75 Å². The van der Waals surface area contributed by atoms with Crippen LogP contribution < -0.4 is 15.4 Å². The van der Waals surface area contributed by atoms with Crippen molar-refractivity contribution in [3.63, 3.8) is 0 Å². The Morgan fingerprint density at radius 1 is 1.28 bits per heavy atom. The number of ether oxygens (including phenoxy) is 1. The average Bonchev–Trinajstić information content (AvgIpc) is 2.57. The zero-order valence-electron chi connectivity index (χ0n) is 13.1. The smallest absolute Gasteiger partial charge is 0.271 e. The zero-order chi connectivity index (χ0) is 18.4. The summed E-state index contributed by atoms with van der Waals surface area (Å²) in [5.74, 6) is 0.398. The first kappa shape index (κ1) is 18.6. The lowest BCUT2D eigenvalue weighted by molar-refractivity contribution is -0.384. The molecular weight excluding hydrogens is 366 g/mol. The summed E-state index contributed by atoms with van der Waals surface area (Å²) in [4.78, 5) is 22.1. The molecule has 7 nitrogen and oxygen atoms in total. The van der Waals surface area contributed by atoms with Gasteiger partial charge in [0.05, 0.1) is 29.2 Å². The number of halogens is 1. The molecule has 0 atom stereocenters. The van der Waals surface area contributed by atoms with Crippen LogP contribution in [0.25, 0.3) is 0 Å². The second-order valence-corrected chi connectivity index (χ2v) is 5.76. The summed E-state index contributed by atoms with van der Waals surface area (Å²) in [5, 5.41) is 16.1. The Labute approximate surface area is 154 Å². The first-order chi connectivity index (χ1) is 11.9. The lowest BCUT2D eigenvalue weighted by Crippen LogP contribution is -2.35. The van der Waals surface area contributed by atoms with Gasteiger partial charge in [-0.25, -0.2) is 0 Å². The minimum atomic E-state index is -0.551. The monoisotopic (exact) mass is 379 g/mol. The SMILES string of the molecule is COc1ccc(CC(=O)NC(=S)Nc2ccc([N+](=O)[O-])cc2Cl)cc1. The highest BCUT2D eigenvalue weighted by atomic mass is 35.5. The largest absolute Gasteiger partial charge is 0.497 e. The van der Waals surface area contributed by atoms with E-state index in [9.17, 15) is 14.9 Å². The van der Waals surface area contributed by atoms with Crippen molar-refractivity contribution >= 4 is 46.2 Å². The van der Waals surface area contributed by atoms with Crippen molar-refractivity contribution in [1.82, 2.24) is 5.32 Å². The third kappa shape index (κ3) is 5.40. The summed E-state index contributed by atoms with van der Waals surface area (Å²) in [6.45, 7) is 0. The number of methoxy groups -OCH3 is 1. The number of amides is 1. The van der Waals surface area contributed by atoms with Gasteiger partial charge in [-0.05, 0) is 36.0 Å². The minimum absolute atomic E-state index is 0.0502. The van der Waals surface area contributed by atoms with Crippen LogP contribution in [0.1, 0.15) is 5.56 Å². The van der Waals surface area contributed by atoms with Gasteiger partial charge in [-0.15, -0.1) is 0 Å². The number of non-ortho nitro benzene ring substituents is 1. The van der Waals surface area contributed by atoms with E-state index in [2.05, 4.69) is 10.6 Å². The van der Waals surface area contributed by atoms with Gasteiger partial charge in [0.1, 0.15) is 5.75 Å². The number of benzene rings is 2. The molecule has 0 aromatic heterocycles. The molecule has 2 rings (SSSR count). The molecule has 0 aliphatic carbocycles. The quantitative estimate of drug-likeness (QED) is 0.470. The molecule has 0 bridgehead atoms. The normalized spacial score (nSPS) is 10.0. The van der Waals surface area contributed by atoms with E-state index in [1.807, 2.05) is 0 Å². The van der Waals surface area contributed by atoms with Gasteiger partial charge in [0.2, 0.25) is 5.91 Å². The molecule has 9 heteroatoms. The molecule has 0 heterocycles. The van der Waals surface area contributed by atoms with Crippen molar-refractivity contribution in [2.24, 2.45) is 0 Å². The fourth-order valence-electron chi connectivity index (χ4n) is 1.97. The predicted molar refractivity (Wildman–Crippen MR) is 99.2 cm³/mol. The maximum atomic E-state index is 12.0. The van der Waals surface area contributed by atoms with E-state index in [4.69, 9.17) is 28.6 Å². The molecule has 0 radical (unpaired) electrons. The molecule has 0 aliphatic rings. The Morgan fingerprint density at radius 2 is 1.96 bits per heavy atom. The minimum Gasteiger partial charge on any atom is -0.497 e. The Bertz CT molecular complexity index is 812. The summed E-state index contributed by atoms with van der Waals surface area (Å²) in [6, 6.07) is 11.0. The summed E-state index contributed by atoms with van der Waals surface area (Å²) < 4.78 is 5.05. The number of thiocarbonyl (C=S) groups is 1. The second-order valence-electron chi connectivity index (χ2n) is 4.95. The van der Waals surface area contributed by atoms with Gasteiger partial charge < -0.3 is 15.4 Å². The van der Waals surface area contributed by atoms with Gasteiger partial charge in [0, 0.05) is 12.1 Å². The fourth-order valence-corrected chi connectivity index (χ4v) is 2.42. The van der Waals surface area contributed by atoms with Gasteiger partial charge in [-0.1, -0.05) is 23.7 Å². The van der Waals surface area contributed by atoms with Crippen LogP contribution in [-0.2, 0) is 11.2 Å². The van der Waals surface area contributed by atoms with Crippen LogP contribution in [-0.4, -0.2) is 23.1 Å². The molecular formula is C16H14ClN3O4S. The molecule has 130 valence electrons. The third-order valence-corrected chi connectivity index (χ3v) is 3.71. The Hall–Kier alpha value is -2.71. The molecule has 0 aliphatic heterocycles. The van der Waals surface area contributed by atoms with Crippen molar-refractivity contribution in [2.45, 2.75) is 6.42 Å². The zero-order valence-corrected chi connectivity index (χ0v) is 14.7. The number of nitrogens with one attached hydrogen (secondary N) is 2. The maximum Gasteiger partial charge on any atom is 0.271 e. The molecule has 2 aromatic carbocycles. The highest BCUT2D eigenvalue weighted by molar-refractivity contribution is 7.80. The number of carbonyl (C=O) groups is 1. The first-order valence-electron chi connectivity index (χ1n) is 7.06. The van der Waals surface area contributed by atoms with Crippen LogP contribution in [0.2, 0.25) is 5.02 Å². The standard InChI is InChI=1S/C16H14ClN3O4S/c1-24-12-5-2-10(3-6-12)8-15(21)19-16(25)18-14-7-4-11(20(22)23)9-13(14)17/h2-7,9H,8H2,1H3,(H2,18,19,21,25). The summed E-state index contributed by atoms with van der Waals surface area (Å²) in [5.41, 5.74) is 1.03. The highest BCUT2D eigenvalue weighted by Gasteiger charge is 2.12. The fraction of sp³-hybridized carbons (Fsp3) is 0.125. The second kappa shape index (κ2) is 8.41. The molecule has 2 aromatic rings. The molecule has 25 heavy (non-hydrogen) atoms. The van der Waals surface area contributed by atoms with E-state index in [-0.39, 0.29) is 28.2 Å². The van der Waals surface area contributed by atoms with Crippen molar-refractivity contribution in [3.05, 3.63) is 63.2 Å². The van der Waals surface area contributed by atoms with E-state index in [1.165, 1.54) is 18.2 Å². The molecule has 2 N–H and O–H groups in total. The topological polar surface area (TPSA) is 93.5 Å². The molecule has 0 spiro atoms. The van der Waals surface area contributed by atoms with Gasteiger partial charge in [0.25, 0.3) is 5.69 Å². The summed E-state index contributed by atoms with van der Waals surface area (Å²) in [7, 11) is 1.56. The predicted octanol–water partition coefficient (Wildman–Crippen LogP) is 3.31. The molecule has 0 saturated heterocycles. The number of nitro groups is 1. The van der Waals surface area contributed by atoms with Crippen LogP contribution in [0, 0.1) is 10.1 Å².